The quantitative estimate of drug-likeness (QED) is 0.664. The number of carbonyl (C=O) groups excluding carboxylic acids is 3. The lowest BCUT2D eigenvalue weighted by molar-refractivity contribution is -0.135. The molecule has 33 heavy (non-hydrogen) atoms. The van der Waals surface area contributed by atoms with Crippen LogP contribution in [0.5, 0.6) is 0 Å². The molecule has 2 aliphatic heterocycles. The molecule has 2 saturated heterocycles. The van der Waals surface area contributed by atoms with E-state index >= 15 is 0 Å². The normalized spacial score (nSPS) is 23.7. The molecule has 1 N–H and O–H groups in total. The first-order valence-corrected chi connectivity index (χ1v) is 12.5. The lowest BCUT2D eigenvalue weighted by atomic mass is 9.73. The minimum absolute atomic E-state index is 0.105. The molecule has 0 saturated carbocycles. The third-order valence-electron chi connectivity index (χ3n) is 7.12. The fourth-order valence-corrected chi connectivity index (χ4v) is 6.06. The number of likely N-dealkylation sites (tertiary alicyclic amines) is 1. The average Bonchev–Trinajstić information content (AvgIpc) is 3.61. The number of allylic oxidation sites excluding steroid dienone is 1. The third kappa shape index (κ3) is 3.97. The van der Waals surface area contributed by atoms with E-state index in [1.807, 2.05) is 28.5 Å². The van der Waals surface area contributed by atoms with Crippen molar-refractivity contribution in [1.82, 2.24) is 20.1 Å². The molecule has 1 aliphatic carbocycles. The predicted molar refractivity (Wildman–Crippen MR) is 125 cm³/mol. The van der Waals surface area contributed by atoms with Crippen LogP contribution in [0.3, 0.4) is 0 Å². The maximum Gasteiger partial charge on any atom is 0.325 e. The van der Waals surface area contributed by atoms with Crippen LogP contribution in [0.4, 0.5) is 4.79 Å². The Morgan fingerprint density at radius 3 is 2.73 bits per heavy atom. The van der Waals surface area contributed by atoms with Gasteiger partial charge in [-0.25, -0.2) is 4.79 Å². The number of piperidine rings is 1. The molecule has 1 unspecified atom stereocenters. The number of pyridine rings is 1. The number of urea groups is 1. The molecule has 4 heterocycles. The fourth-order valence-electron chi connectivity index (χ4n) is 5.36. The van der Waals surface area contributed by atoms with E-state index in [0.29, 0.717) is 44.5 Å². The highest BCUT2D eigenvalue weighted by atomic mass is 32.1. The summed E-state index contributed by atoms with van der Waals surface area (Å²) in [6.07, 6.45) is 10.2. The second kappa shape index (κ2) is 9.09. The lowest BCUT2D eigenvalue weighted by Gasteiger charge is -2.41. The molecule has 1 atom stereocenters. The fraction of sp³-hybridized carbons (Fsp3) is 0.440. The Morgan fingerprint density at radius 2 is 2.06 bits per heavy atom. The van der Waals surface area contributed by atoms with Gasteiger partial charge < -0.3 is 10.2 Å². The zero-order valence-corrected chi connectivity index (χ0v) is 19.4. The van der Waals surface area contributed by atoms with Crippen LogP contribution in [0.15, 0.2) is 53.7 Å². The monoisotopic (exact) mass is 464 g/mol. The summed E-state index contributed by atoms with van der Waals surface area (Å²) in [7, 11) is 0. The van der Waals surface area contributed by atoms with Gasteiger partial charge >= 0.3 is 6.03 Å². The largest absolute Gasteiger partial charge is 0.339 e. The molecule has 3 aliphatic rings. The lowest BCUT2D eigenvalue weighted by Crippen LogP contribution is -2.54. The van der Waals surface area contributed by atoms with Crippen LogP contribution in [0.1, 0.15) is 42.5 Å². The van der Waals surface area contributed by atoms with E-state index in [2.05, 4.69) is 16.4 Å². The molecule has 2 fully saturated rings. The van der Waals surface area contributed by atoms with E-state index in [-0.39, 0.29) is 23.8 Å². The van der Waals surface area contributed by atoms with Crippen molar-refractivity contribution >= 4 is 29.2 Å². The van der Waals surface area contributed by atoms with Gasteiger partial charge in [0.05, 0.1) is 0 Å². The highest BCUT2D eigenvalue weighted by Crippen LogP contribution is 2.41. The van der Waals surface area contributed by atoms with E-state index in [1.165, 1.54) is 4.90 Å². The molecule has 0 radical (unpaired) electrons. The molecule has 0 aromatic carbocycles. The van der Waals surface area contributed by atoms with E-state index in [4.69, 9.17) is 0 Å². The zero-order valence-electron chi connectivity index (χ0n) is 18.5. The number of thiophene rings is 1. The molecule has 5 rings (SSSR count). The summed E-state index contributed by atoms with van der Waals surface area (Å²) in [5, 5.41) is 5.07. The Morgan fingerprint density at radius 1 is 1.21 bits per heavy atom. The summed E-state index contributed by atoms with van der Waals surface area (Å²) >= 11 is 1.62. The number of nitrogens with one attached hydrogen (secondary N) is 1. The van der Waals surface area contributed by atoms with Crippen LogP contribution in [-0.4, -0.2) is 52.3 Å². The minimum Gasteiger partial charge on any atom is -0.339 e. The van der Waals surface area contributed by atoms with Crippen LogP contribution in [0.25, 0.3) is 0 Å². The Balaban J connectivity index is 1.37. The first kappa shape index (κ1) is 21.8. The van der Waals surface area contributed by atoms with Crippen molar-refractivity contribution in [3.8, 4) is 0 Å². The number of nitrogens with zero attached hydrogens (tertiary/aromatic N) is 3. The summed E-state index contributed by atoms with van der Waals surface area (Å²) in [5.41, 5.74) is 0.494. The van der Waals surface area contributed by atoms with Gasteiger partial charge in [0.25, 0.3) is 5.91 Å². The van der Waals surface area contributed by atoms with E-state index < -0.39 is 5.54 Å². The van der Waals surface area contributed by atoms with Crippen LogP contribution >= 0.6 is 11.3 Å². The first-order chi connectivity index (χ1) is 16.1. The van der Waals surface area contributed by atoms with Gasteiger partial charge in [-0.15, -0.1) is 11.3 Å². The second-order valence-electron chi connectivity index (χ2n) is 8.95. The van der Waals surface area contributed by atoms with E-state index in [9.17, 15) is 14.4 Å². The summed E-state index contributed by atoms with van der Waals surface area (Å²) in [6, 6.07) is 7.31. The van der Waals surface area contributed by atoms with Gasteiger partial charge in [-0.1, -0.05) is 18.2 Å². The minimum atomic E-state index is -1.14. The van der Waals surface area contributed by atoms with Crippen molar-refractivity contribution in [2.45, 2.75) is 44.1 Å². The van der Waals surface area contributed by atoms with Crippen LogP contribution in [0, 0.1) is 5.92 Å². The Kier molecular flexibility index (Phi) is 6.01. The molecule has 2 aromatic rings. The zero-order chi connectivity index (χ0) is 22.8. The van der Waals surface area contributed by atoms with Crippen molar-refractivity contribution in [2.24, 2.45) is 5.92 Å². The molecular weight excluding hydrogens is 436 g/mol. The average molecular weight is 465 g/mol. The Hall–Kier alpha value is -3.00. The maximum atomic E-state index is 13.9. The van der Waals surface area contributed by atoms with Gasteiger partial charge in [-0.05, 0) is 62.0 Å². The van der Waals surface area contributed by atoms with Crippen molar-refractivity contribution in [2.75, 3.05) is 19.6 Å². The van der Waals surface area contributed by atoms with E-state index in [0.717, 1.165) is 29.7 Å². The van der Waals surface area contributed by atoms with Gasteiger partial charge in [0, 0.05) is 48.0 Å². The van der Waals surface area contributed by atoms with Gasteiger partial charge in [-0.3, -0.25) is 19.5 Å². The van der Waals surface area contributed by atoms with Crippen molar-refractivity contribution in [1.29, 1.82) is 0 Å². The van der Waals surface area contributed by atoms with Crippen molar-refractivity contribution in [3.05, 3.63) is 64.1 Å². The topological polar surface area (TPSA) is 82.6 Å². The van der Waals surface area contributed by atoms with Gasteiger partial charge in [-0.2, -0.15) is 0 Å². The molecule has 2 aromatic heterocycles. The number of rotatable bonds is 6. The number of imide groups is 1. The predicted octanol–water partition coefficient (Wildman–Crippen LogP) is 3.48. The highest BCUT2D eigenvalue weighted by Gasteiger charge is 2.57. The first-order valence-electron chi connectivity index (χ1n) is 11.6. The summed E-state index contributed by atoms with van der Waals surface area (Å²) in [6.45, 7) is 1.51. The summed E-state index contributed by atoms with van der Waals surface area (Å²) < 4.78 is 0. The molecule has 0 bridgehead atoms. The maximum absolute atomic E-state index is 13.9. The van der Waals surface area contributed by atoms with E-state index in [1.54, 1.807) is 29.8 Å². The molecular formula is C25H28N4O3S. The standard InChI is InChI=1S/C25H28N4O3S/c30-22(18-5-1-2-6-18)28-13-9-19(10-14-28)25(20-7-3-12-26-17-20)23(31)29(24(32)27-25)15-11-21-8-4-16-33-21/h3-5,7-8,12,16-17,19H,1-2,6,9-11,13-15H2,(H,27,32). The molecule has 172 valence electrons. The van der Waals surface area contributed by atoms with Crippen LogP contribution in [0.2, 0.25) is 0 Å². The van der Waals surface area contributed by atoms with Crippen LogP contribution in [-0.2, 0) is 21.5 Å². The highest BCUT2D eigenvalue weighted by molar-refractivity contribution is 7.09. The molecule has 8 heteroatoms. The second-order valence-corrected chi connectivity index (χ2v) is 9.99. The van der Waals surface area contributed by atoms with Gasteiger partial charge in [0.2, 0.25) is 5.91 Å². The molecule has 7 nitrogen and oxygen atoms in total. The number of carbonyl (C=O) groups is 3. The van der Waals surface area contributed by atoms with Gasteiger partial charge in [0.15, 0.2) is 5.54 Å². The third-order valence-corrected chi connectivity index (χ3v) is 8.06. The number of hydrogen-bond acceptors (Lipinski definition) is 5. The number of aromatic nitrogens is 1. The molecule has 0 spiro atoms. The van der Waals surface area contributed by atoms with Gasteiger partial charge in [0.1, 0.15) is 0 Å². The van der Waals surface area contributed by atoms with Crippen molar-refractivity contribution in [3.63, 3.8) is 0 Å². The van der Waals surface area contributed by atoms with Crippen LogP contribution < -0.4 is 5.32 Å². The molecule has 4 amide bonds. The Bertz CT molecular complexity index is 1060. The number of hydrogen-bond donors (Lipinski definition) is 1. The summed E-state index contributed by atoms with van der Waals surface area (Å²) in [5.74, 6) is -0.187. The van der Waals surface area contributed by atoms with Crippen molar-refractivity contribution < 1.29 is 14.4 Å². The number of amides is 4. The summed E-state index contributed by atoms with van der Waals surface area (Å²) in [4.78, 5) is 48.4. The smallest absolute Gasteiger partial charge is 0.325 e. The SMILES string of the molecule is O=C(C1=CCCC1)N1CCC(C2(c3cccnc3)NC(=O)N(CCc3cccs3)C2=O)CC1. The Labute approximate surface area is 197 Å².